The molecule has 19 heavy (non-hydrogen) atoms. The Labute approximate surface area is 117 Å². The van der Waals surface area contributed by atoms with Gasteiger partial charge in [-0.15, -0.1) is 22.7 Å². The van der Waals surface area contributed by atoms with Crippen molar-refractivity contribution >= 4 is 34.6 Å². The molecule has 1 N–H and O–H groups in total. The third kappa shape index (κ3) is 3.58. The first-order chi connectivity index (χ1) is 9.20. The molecule has 100 valence electrons. The van der Waals surface area contributed by atoms with Gasteiger partial charge in [-0.3, -0.25) is 9.78 Å². The quantitative estimate of drug-likeness (QED) is 0.850. The summed E-state index contributed by atoms with van der Waals surface area (Å²) in [5, 5.41) is 4.43. The predicted molar refractivity (Wildman–Crippen MR) is 71.4 cm³/mol. The van der Waals surface area contributed by atoms with E-state index in [1.165, 1.54) is 16.7 Å². The van der Waals surface area contributed by atoms with Crippen molar-refractivity contribution in [1.29, 1.82) is 0 Å². The molecule has 2 aromatic heterocycles. The fraction of sp³-hybridized carbons (Fsp3) is 0.273. The number of hydrogen-bond donors (Lipinski definition) is 1. The second-order valence-corrected chi connectivity index (χ2v) is 5.24. The van der Waals surface area contributed by atoms with E-state index >= 15 is 0 Å². The van der Waals surface area contributed by atoms with Gasteiger partial charge in [0.05, 0.1) is 18.7 Å². The minimum atomic E-state index is -0.506. The Balaban J connectivity index is 1.94. The number of ether oxygens (including phenoxy) is 1. The van der Waals surface area contributed by atoms with Crippen molar-refractivity contribution in [1.82, 2.24) is 15.3 Å². The molecule has 0 radical (unpaired) electrons. The second-order valence-electron chi connectivity index (χ2n) is 3.41. The Morgan fingerprint density at radius 1 is 1.42 bits per heavy atom. The highest BCUT2D eigenvalue weighted by molar-refractivity contribution is 7.11. The smallest absolute Gasteiger partial charge is 0.367 e. The molecule has 2 aromatic rings. The van der Waals surface area contributed by atoms with Gasteiger partial charge >= 0.3 is 5.97 Å². The van der Waals surface area contributed by atoms with E-state index < -0.39 is 5.97 Å². The van der Waals surface area contributed by atoms with Crippen LogP contribution in [0.3, 0.4) is 0 Å². The molecule has 0 bridgehead atoms. The maximum atomic E-state index is 11.8. The van der Waals surface area contributed by atoms with Gasteiger partial charge in [0.15, 0.2) is 0 Å². The molecule has 0 aromatic carbocycles. The fourth-order valence-corrected chi connectivity index (χ4v) is 2.48. The molecular weight excluding hydrogens is 286 g/mol. The normalized spacial score (nSPS) is 10.2. The van der Waals surface area contributed by atoms with Crippen molar-refractivity contribution < 1.29 is 14.3 Å². The van der Waals surface area contributed by atoms with Crippen LogP contribution in [0.2, 0.25) is 0 Å². The maximum Gasteiger partial charge on any atom is 0.367 e. The molecule has 0 aliphatic carbocycles. The number of rotatable bonds is 5. The van der Waals surface area contributed by atoms with E-state index in [2.05, 4.69) is 15.3 Å². The highest BCUT2D eigenvalue weighted by Gasteiger charge is 2.16. The van der Waals surface area contributed by atoms with Gasteiger partial charge in [-0.05, 0) is 6.92 Å². The summed E-state index contributed by atoms with van der Waals surface area (Å²) in [5.74, 6) is -0.825. The van der Waals surface area contributed by atoms with Gasteiger partial charge in [0.1, 0.15) is 5.69 Å². The number of nitrogens with zero attached hydrogens (tertiary/aromatic N) is 2. The number of thiazole rings is 2. The Morgan fingerprint density at radius 3 is 2.95 bits per heavy atom. The van der Waals surface area contributed by atoms with Crippen LogP contribution in [0.5, 0.6) is 0 Å². The Hall–Kier alpha value is -1.80. The number of esters is 1. The molecule has 2 rings (SSSR count). The number of aromatic nitrogens is 2. The van der Waals surface area contributed by atoms with Gasteiger partial charge in [0, 0.05) is 16.5 Å². The van der Waals surface area contributed by atoms with Crippen molar-refractivity contribution in [2.75, 3.05) is 6.61 Å². The molecule has 0 aliphatic heterocycles. The summed E-state index contributed by atoms with van der Waals surface area (Å²) in [5.41, 5.74) is 1.92. The van der Waals surface area contributed by atoms with Crippen molar-refractivity contribution in [2.24, 2.45) is 0 Å². The summed E-state index contributed by atoms with van der Waals surface area (Å²) in [6.45, 7) is 2.40. The number of carbonyl (C=O) groups excluding carboxylic acids is 2. The molecular formula is C11H11N3O3S2. The Kier molecular flexibility index (Phi) is 4.58. The van der Waals surface area contributed by atoms with E-state index in [4.69, 9.17) is 4.74 Å². The molecule has 8 heteroatoms. The number of nitrogens with one attached hydrogen (secondary N) is 1. The lowest BCUT2D eigenvalue weighted by molar-refractivity contribution is 0.0526. The molecule has 0 saturated carbocycles. The zero-order chi connectivity index (χ0) is 13.7. The van der Waals surface area contributed by atoms with Crippen molar-refractivity contribution in [3.63, 3.8) is 0 Å². The zero-order valence-corrected chi connectivity index (χ0v) is 11.7. The van der Waals surface area contributed by atoms with Crippen LogP contribution in [-0.2, 0) is 11.3 Å². The van der Waals surface area contributed by atoms with Crippen molar-refractivity contribution in [3.8, 4) is 0 Å². The lowest BCUT2D eigenvalue weighted by Crippen LogP contribution is -2.22. The van der Waals surface area contributed by atoms with Gasteiger partial charge in [-0.1, -0.05) is 0 Å². The van der Waals surface area contributed by atoms with Crippen LogP contribution in [0.25, 0.3) is 0 Å². The first kappa shape index (κ1) is 13.6. The Morgan fingerprint density at radius 2 is 2.26 bits per heavy atom. The standard InChI is InChI=1S/C11H11N3O3S2/c1-2-17-11(16)10-14-8(5-18-10)9(15)13-4-7-3-12-6-19-7/h3,5-6H,2,4H2,1H3,(H,13,15). The van der Waals surface area contributed by atoms with Crippen LogP contribution in [0.1, 0.15) is 32.1 Å². The van der Waals surface area contributed by atoms with Crippen LogP contribution in [0.15, 0.2) is 17.1 Å². The average Bonchev–Trinajstić information content (AvgIpc) is 3.07. The van der Waals surface area contributed by atoms with Crippen LogP contribution < -0.4 is 5.32 Å². The summed E-state index contributed by atoms with van der Waals surface area (Å²) in [4.78, 5) is 32.0. The van der Waals surface area contributed by atoms with Crippen LogP contribution in [-0.4, -0.2) is 28.5 Å². The van der Waals surface area contributed by atoms with E-state index in [1.807, 2.05) is 0 Å². The SMILES string of the molecule is CCOC(=O)c1nc(C(=O)NCc2cncs2)cs1. The van der Waals surface area contributed by atoms with Gasteiger partial charge in [-0.2, -0.15) is 0 Å². The molecule has 0 atom stereocenters. The summed E-state index contributed by atoms with van der Waals surface area (Å²) in [6, 6.07) is 0. The van der Waals surface area contributed by atoms with E-state index in [0.29, 0.717) is 6.54 Å². The molecule has 0 saturated heterocycles. The van der Waals surface area contributed by atoms with Crippen molar-refractivity contribution in [3.05, 3.63) is 32.7 Å². The summed E-state index contributed by atoms with van der Waals surface area (Å²) < 4.78 is 4.81. The van der Waals surface area contributed by atoms with E-state index in [9.17, 15) is 9.59 Å². The molecule has 0 spiro atoms. The van der Waals surface area contributed by atoms with Gasteiger partial charge in [0.25, 0.3) is 5.91 Å². The van der Waals surface area contributed by atoms with E-state index in [0.717, 1.165) is 16.2 Å². The molecule has 0 aliphatic rings. The summed E-state index contributed by atoms with van der Waals surface area (Å²) in [6.07, 6.45) is 1.69. The summed E-state index contributed by atoms with van der Waals surface area (Å²) >= 11 is 2.55. The summed E-state index contributed by atoms with van der Waals surface area (Å²) in [7, 11) is 0. The van der Waals surface area contributed by atoms with Crippen LogP contribution in [0.4, 0.5) is 0 Å². The fourth-order valence-electron chi connectivity index (χ4n) is 1.25. The monoisotopic (exact) mass is 297 g/mol. The molecule has 6 nitrogen and oxygen atoms in total. The minimum Gasteiger partial charge on any atom is -0.461 e. The minimum absolute atomic E-state index is 0.185. The zero-order valence-electron chi connectivity index (χ0n) is 10.1. The number of hydrogen-bond acceptors (Lipinski definition) is 7. The van der Waals surface area contributed by atoms with Gasteiger partial charge < -0.3 is 10.1 Å². The molecule has 0 fully saturated rings. The lowest BCUT2D eigenvalue weighted by atomic mass is 10.4. The van der Waals surface area contributed by atoms with Gasteiger partial charge in [0.2, 0.25) is 5.01 Å². The highest BCUT2D eigenvalue weighted by Crippen LogP contribution is 2.11. The second kappa shape index (κ2) is 6.39. The number of amides is 1. The maximum absolute atomic E-state index is 11.8. The molecule has 2 heterocycles. The van der Waals surface area contributed by atoms with Crippen molar-refractivity contribution in [2.45, 2.75) is 13.5 Å². The number of carbonyl (C=O) groups is 2. The largest absolute Gasteiger partial charge is 0.461 e. The van der Waals surface area contributed by atoms with Gasteiger partial charge in [-0.25, -0.2) is 9.78 Å². The lowest BCUT2D eigenvalue weighted by Gasteiger charge is -1.99. The highest BCUT2D eigenvalue weighted by atomic mass is 32.1. The topological polar surface area (TPSA) is 81.2 Å². The Bertz CT molecular complexity index is 566. The predicted octanol–water partition coefficient (Wildman–Crippen LogP) is 1.71. The van der Waals surface area contributed by atoms with Crippen LogP contribution >= 0.6 is 22.7 Å². The van der Waals surface area contributed by atoms with Crippen LogP contribution in [0, 0.1) is 0 Å². The molecule has 1 amide bonds. The third-order valence-corrected chi connectivity index (χ3v) is 3.70. The molecule has 0 unspecified atom stereocenters. The first-order valence-corrected chi connectivity index (χ1v) is 7.25. The van der Waals surface area contributed by atoms with E-state index in [-0.39, 0.29) is 23.2 Å². The third-order valence-electron chi connectivity index (χ3n) is 2.09. The first-order valence-electron chi connectivity index (χ1n) is 5.49. The average molecular weight is 297 g/mol. The van der Waals surface area contributed by atoms with E-state index in [1.54, 1.807) is 18.6 Å².